The van der Waals surface area contributed by atoms with E-state index in [1.54, 1.807) is 16.8 Å². The average molecular weight is 464 g/mol. The number of hydrogen-bond donors (Lipinski definition) is 1. The number of rotatable bonds is 9. The second-order valence-corrected chi connectivity index (χ2v) is 9.44. The molecule has 0 bridgehead atoms. The Kier molecular flexibility index (Phi) is 7.70. The van der Waals surface area contributed by atoms with Gasteiger partial charge in [0.05, 0.1) is 5.36 Å². The van der Waals surface area contributed by atoms with Gasteiger partial charge in [0.2, 0.25) is 0 Å². The predicted octanol–water partition coefficient (Wildman–Crippen LogP) is 3.99. The van der Waals surface area contributed by atoms with Crippen molar-refractivity contribution in [3.8, 4) is 0 Å². The van der Waals surface area contributed by atoms with Gasteiger partial charge in [0.25, 0.3) is 5.91 Å². The zero-order chi connectivity index (χ0) is 23.2. The standard InChI is InChI=1S/C26H33N5OS/c1-4-7-18-33-26-28-25(32)23-21-10-8-9-11-22(21)27-24(31(23)29-26)19-12-14-20(15-13-19)30(16-5-2)17-6-3/h8-15,24H,4-7,16-18H2,1-3H3,(H,28,29,32). The van der Waals surface area contributed by atoms with Crippen LogP contribution in [0.3, 0.4) is 0 Å². The quantitative estimate of drug-likeness (QED) is 0.572. The minimum atomic E-state index is -0.373. The molecule has 0 fully saturated rings. The van der Waals surface area contributed by atoms with Crippen LogP contribution in [0.4, 0.5) is 5.69 Å². The zero-order valence-electron chi connectivity index (χ0n) is 19.8. The maximum absolute atomic E-state index is 13.2. The summed E-state index contributed by atoms with van der Waals surface area (Å²) >= 11 is 1.59. The number of fused-ring (bicyclic) bond motifs is 2. The summed E-state index contributed by atoms with van der Waals surface area (Å²) in [5.74, 6) is 0.807. The topological polar surface area (TPSA) is 60.3 Å². The highest BCUT2D eigenvalue weighted by atomic mass is 32.2. The van der Waals surface area contributed by atoms with Gasteiger partial charge in [-0.05, 0) is 43.0 Å². The van der Waals surface area contributed by atoms with E-state index >= 15 is 0 Å². The number of benzene rings is 2. The molecule has 0 saturated carbocycles. The molecule has 1 unspecified atom stereocenters. The van der Waals surface area contributed by atoms with Crippen LogP contribution in [-0.2, 0) is 4.79 Å². The first kappa shape index (κ1) is 23.4. The molecule has 7 heteroatoms. The van der Waals surface area contributed by atoms with Crippen LogP contribution in [0.2, 0.25) is 0 Å². The molecule has 2 heterocycles. The van der Waals surface area contributed by atoms with Crippen molar-refractivity contribution in [2.45, 2.75) is 52.6 Å². The molecule has 2 aromatic rings. The minimum Gasteiger partial charge on any atom is -0.372 e. The molecule has 2 aromatic carbocycles. The lowest BCUT2D eigenvalue weighted by Gasteiger charge is -2.34. The van der Waals surface area contributed by atoms with E-state index in [9.17, 15) is 4.79 Å². The van der Waals surface area contributed by atoms with Gasteiger partial charge >= 0.3 is 0 Å². The third-order valence-corrected chi connectivity index (χ3v) is 6.75. The van der Waals surface area contributed by atoms with E-state index in [1.807, 2.05) is 24.3 Å². The van der Waals surface area contributed by atoms with Crippen LogP contribution in [0, 0.1) is 0 Å². The molecule has 0 radical (unpaired) electrons. The van der Waals surface area contributed by atoms with E-state index < -0.39 is 0 Å². The Bertz CT molecular complexity index is 1120. The molecule has 4 rings (SSSR count). The number of carbonyl (C=O) groups is 1. The number of hydrogen-bond acceptors (Lipinski definition) is 6. The highest BCUT2D eigenvalue weighted by molar-refractivity contribution is 8.13. The van der Waals surface area contributed by atoms with Gasteiger partial charge in [-0.3, -0.25) is 15.1 Å². The molecule has 1 amide bonds. The Morgan fingerprint density at radius 1 is 1.00 bits per heavy atom. The lowest BCUT2D eigenvalue weighted by atomic mass is 10.1. The number of nitrogens with one attached hydrogen (secondary N) is 1. The number of thioether (sulfide) groups is 1. The lowest BCUT2D eigenvalue weighted by molar-refractivity contribution is -0.116. The highest BCUT2D eigenvalue weighted by Crippen LogP contribution is 2.32. The van der Waals surface area contributed by atoms with Crippen LogP contribution in [0.25, 0.3) is 5.70 Å². The number of nitrogens with zero attached hydrogens (tertiary/aromatic N) is 4. The fourth-order valence-corrected chi connectivity index (χ4v) is 5.13. The number of amides is 1. The molecule has 0 spiro atoms. The fourth-order valence-electron chi connectivity index (χ4n) is 4.19. The maximum Gasteiger partial charge on any atom is 0.276 e. The number of anilines is 1. The Balaban J connectivity index is 1.72. The second kappa shape index (κ2) is 10.9. The summed E-state index contributed by atoms with van der Waals surface area (Å²) < 4.78 is 0. The van der Waals surface area contributed by atoms with E-state index in [0.29, 0.717) is 10.9 Å². The highest BCUT2D eigenvalue weighted by Gasteiger charge is 2.34. The monoisotopic (exact) mass is 463 g/mol. The Morgan fingerprint density at radius 3 is 2.42 bits per heavy atom. The number of carbonyl (C=O) groups excluding carboxylic acids is 1. The number of para-hydroxylation sites is 1. The number of hydrazone groups is 1. The van der Waals surface area contributed by atoms with Crippen LogP contribution in [0.15, 0.2) is 58.6 Å². The van der Waals surface area contributed by atoms with Crippen molar-refractivity contribution < 1.29 is 4.79 Å². The molecule has 2 aliphatic heterocycles. The SMILES string of the molecule is CCCCSC1=NN2C(=c3ccccc3=NC2c2ccc(N(CCC)CCC)cc2)C(=O)N1. The average Bonchev–Trinajstić information content (AvgIpc) is 2.83. The first-order valence-corrected chi connectivity index (χ1v) is 13.0. The molecule has 174 valence electrons. The van der Waals surface area contributed by atoms with Crippen LogP contribution < -0.4 is 20.8 Å². The van der Waals surface area contributed by atoms with Crippen molar-refractivity contribution in [3.63, 3.8) is 0 Å². The van der Waals surface area contributed by atoms with E-state index in [4.69, 9.17) is 10.1 Å². The van der Waals surface area contributed by atoms with Crippen LogP contribution in [0.5, 0.6) is 0 Å². The molecule has 0 saturated heterocycles. The summed E-state index contributed by atoms with van der Waals surface area (Å²) in [6.45, 7) is 8.67. The van der Waals surface area contributed by atoms with Crippen molar-refractivity contribution in [1.29, 1.82) is 0 Å². The minimum absolute atomic E-state index is 0.120. The summed E-state index contributed by atoms with van der Waals surface area (Å²) in [6, 6.07) is 16.4. The summed E-state index contributed by atoms with van der Waals surface area (Å²) in [6.07, 6.45) is 4.05. The van der Waals surface area contributed by atoms with Gasteiger partial charge in [0.15, 0.2) is 11.3 Å². The molecular weight excluding hydrogens is 430 g/mol. The number of amidine groups is 1. The zero-order valence-corrected chi connectivity index (χ0v) is 20.6. The first-order chi connectivity index (χ1) is 16.2. The van der Waals surface area contributed by atoms with E-state index in [0.717, 1.165) is 60.7 Å². The Morgan fingerprint density at radius 2 is 1.73 bits per heavy atom. The molecule has 1 N–H and O–H groups in total. The van der Waals surface area contributed by atoms with Gasteiger partial charge in [-0.15, -0.1) is 5.10 Å². The maximum atomic E-state index is 13.2. The first-order valence-electron chi connectivity index (χ1n) is 12.0. The number of unbranched alkanes of at least 4 members (excludes halogenated alkanes) is 1. The normalized spacial score (nSPS) is 17.0. The summed E-state index contributed by atoms with van der Waals surface area (Å²) in [5, 5.41) is 11.9. The van der Waals surface area contributed by atoms with Crippen molar-refractivity contribution in [1.82, 2.24) is 10.3 Å². The molecule has 6 nitrogen and oxygen atoms in total. The molecule has 0 aliphatic carbocycles. The summed E-state index contributed by atoms with van der Waals surface area (Å²) in [4.78, 5) is 20.6. The van der Waals surface area contributed by atoms with Gasteiger partial charge in [-0.1, -0.05) is 69.3 Å². The van der Waals surface area contributed by atoms with Gasteiger partial charge in [-0.25, -0.2) is 5.01 Å². The Hall–Kier alpha value is -2.80. The van der Waals surface area contributed by atoms with Gasteiger partial charge < -0.3 is 4.90 Å². The Labute approximate surface area is 200 Å². The lowest BCUT2D eigenvalue weighted by Crippen LogP contribution is -2.50. The van der Waals surface area contributed by atoms with E-state index in [-0.39, 0.29) is 12.1 Å². The third-order valence-electron chi connectivity index (χ3n) is 5.80. The van der Waals surface area contributed by atoms with Gasteiger partial charge in [0, 0.05) is 29.7 Å². The summed E-state index contributed by atoms with van der Waals surface area (Å²) in [7, 11) is 0. The van der Waals surface area contributed by atoms with Crippen molar-refractivity contribution in [2.75, 3.05) is 23.7 Å². The van der Waals surface area contributed by atoms with E-state index in [2.05, 4.69) is 55.3 Å². The molecule has 33 heavy (non-hydrogen) atoms. The smallest absolute Gasteiger partial charge is 0.276 e. The van der Waals surface area contributed by atoms with Crippen LogP contribution in [0.1, 0.15) is 58.2 Å². The predicted molar refractivity (Wildman–Crippen MR) is 137 cm³/mol. The van der Waals surface area contributed by atoms with Gasteiger partial charge in [-0.2, -0.15) is 0 Å². The summed E-state index contributed by atoms with van der Waals surface area (Å²) in [5.41, 5.74) is 2.81. The fraction of sp³-hybridized carbons (Fsp3) is 0.423. The second-order valence-electron chi connectivity index (χ2n) is 8.35. The van der Waals surface area contributed by atoms with Crippen molar-refractivity contribution >= 4 is 34.2 Å². The van der Waals surface area contributed by atoms with Crippen LogP contribution in [-0.4, -0.2) is 34.9 Å². The van der Waals surface area contributed by atoms with Crippen LogP contribution >= 0.6 is 11.8 Å². The van der Waals surface area contributed by atoms with Gasteiger partial charge in [0.1, 0.15) is 5.70 Å². The van der Waals surface area contributed by atoms with E-state index in [1.165, 1.54) is 5.69 Å². The molecule has 2 aliphatic rings. The molecule has 0 aromatic heterocycles. The third kappa shape index (κ3) is 5.08. The van der Waals surface area contributed by atoms with Crippen molar-refractivity contribution in [3.05, 3.63) is 64.7 Å². The molecular formula is C26H33N5OS. The van der Waals surface area contributed by atoms with Crippen molar-refractivity contribution in [2.24, 2.45) is 10.1 Å². The largest absolute Gasteiger partial charge is 0.372 e. The molecule has 1 atom stereocenters.